The molecule has 16 heavy (non-hydrogen) atoms. The molecule has 82 valence electrons. The van der Waals surface area contributed by atoms with Crippen LogP contribution in [0.5, 0.6) is 5.75 Å². The Morgan fingerprint density at radius 3 is 2.31 bits per heavy atom. The van der Waals surface area contributed by atoms with Crippen molar-refractivity contribution in [2.24, 2.45) is 0 Å². The molecule has 0 radical (unpaired) electrons. The average Bonchev–Trinajstić information content (AvgIpc) is 2.33. The highest BCUT2D eigenvalue weighted by Crippen LogP contribution is 2.06. The summed E-state index contributed by atoms with van der Waals surface area (Å²) in [6.07, 6.45) is 0. The Morgan fingerprint density at radius 2 is 1.69 bits per heavy atom. The highest BCUT2D eigenvalue weighted by atomic mass is 127. The second kappa shape index (κ2) is 5.30. The van der Waals surface area contributed by atoms with Gasteiger partial charge in [0.15, 0.2) is 9.39 Å². The van der Waals surface area contributed by atoms with Crippen LogP contribution in [0.25, 0.3) is 0 Å². The number of hydrogen-bond acceptors (Lipinski definition) is 1. The maximum absolute atomic E-state index is 13.4. The summed E-state index contributed by atoms with van der Waals surface area (Å²) in [5.74, 6) is 0.729. The Balaban J connectivity index is 2.18. The largest absolute Gasteiger partial charge is 0.497 e. The Kier molecular flexibility index (Phi) is 3.77. The third kappa shape index (κ3) is 2.72. The van der Waals surface area contributed by atoms with Crippen molar-refractivity contribution in [3.05, 3.63) is 61.5 Å². The van der Waals surface area contributed by atoms with Gasteiger partial charge in [0, 0.05) is 0 Å². The van der Waals surface area contributed by atoms with Crippen LogP contribution < -0.4 is 25.9 Å². The number of benzene rings is 2. The maximum Gasteiger partial charge on any atom is 0.361 e. The molecule has 2 rings (SSSR count). The predicted octanol–water partition coefficient (Wildman–Crippen LogP) is -0.0373. The highest BCUT2D eigenvalue weighted by molar-refractivity contribution is 5.20. The van der Waals surface area contributed by atoms with Gasteiger partial charge in [-0.05, 0) is 36.4 Å². The van der Waals surface area contributed by atoms with E-state index in [0.717, 1.165) is 9.32 Å². The van der Waals surface area contributed by atoms with E-state index in [4.69, 9.17) is 4.74 Å². The molecule has 0 spiro atoms. The molecular weight excluding hydrogens is 318 g/mol. The van der Waals surface area contributed by atoms with Gasteiger partial charge in [0.05, 0.1) is 7.11 Å². The van der Waals surface area contributed by atoms with Gasteiger partial charge in [-0.2, -0.15) is 0 Å². The van der Waals surface area contributed by atoms with Crippen molar-refractivity contribution in [3.63, 3.8) is 0 Å². The molecule has 0 saturated heterocycles. The lowest BCUT2D eigenvalue weighted by Crippen LogP contribution is -3.61. The van der Waals surface area contributed by atoms with Gasteiger partial charge < -0.3 is 4.74 Å². The first-order valence-corrected chi connectivity index (χ1v) is 6.99. The molecule has 0 bridgehead atoms. The van der Waals surface area contributed by atoms with Crippen LogP contribution in [-0.2, 0) is 0 Å². The van der Waals surface area contributed by atoms with Crippen LogP contribution in [-0.4, -0.2) is 7.11 Å². The summed E-state index contributed by atoms with van der Waals surface area (Å²) in [6, 6.07) is 14.8. The molecule has 0 aromatic heterocycles. The van der Waals surface area contributed by atoms with E-state index in [2.05, 4.69) is 0 Å². The van der Waals surface area contributed by atoms with E-state index in [1.165, 1.54) is 9.64 Å². The van der Waals surface area contributed by atoms with Crippen LogP contribution in [0.2, 0.25) is 0 Å². The number of methoxy groups -OCH3 is 1. The van der Waals surface area contributed by atoms with E-state index >= 15 is 0 Å². The summed E-state index contributed by atoms with van der Waals surface area (Å²) in [5.41, 5.74) is 0. The lowest BCUT2D eigenvalue weighted by atomic mass is 10.3. The molecule has 0 heterocycles. The molecule has 0 atom stereocenters. The molecule has 0 aliphatic rings. The fraction of sp³-hybridized carbons (Fsp3) is 0.0769. The summed E-state index contributed by atoms with van der Waals surface area (Å²) >= 11 is -0.442. The molecule has 0 unspecified atom stereocenters. The second-order valence-corrected chi connectivity index (χ2v) is 6.11. The Morgan fingerprint density at radius 1 is 1.00 bits per heavy atom. The van der Waals surface area contributed by atoms with E-state index in [1.807, 2.05) is 36.4 Å². The van der Waals surface area contributed by atoms with Crippen molar-refractivity contribution in [1.82, 2.24) is 0 Å². The molecule has 0 fully saturated rings. The minimum Gasteiger partial charge on any atom is -0.497 e. The minimum atomic E-state index is -0.442. The minimum absolute atomic E-state index is 0.105. The summed E-state index contributed by atoms with van der Waals surface area (Å²) in [4.78, 5) is 0. The Labute approximate surface area is 105 Å². The first-order chi connectivity index (χ1) is 7.79. The summed E-state index contributed by atoms with van der Waals surface area (Å²) in [6.45, 7) is 0. The third-order valence-electron chi connectivity index (χ3n) is 2.08. The van der Waals surface area contributed by atoms with Crippen LogP contribution >= 0.6 is 0 Å². The number of rotatable bonds is 3. The van der Waals surface area contributed by atoms with Crippen LogP contribution in [0.3, 0.4) is 0 Å². The maximum atomic E-state index is 13.4. The van der Waals surface area contributed by atoms with Crippen LogP contribution in [0.1, 0.15) is 0 Å². The van der Waals surface area contributed by atoms with Crippen molar-refractivity contribution >= 4 is 0 Å². The second-order valence-electron chi connectivity index (χ2n) is 3.17. The third-order valence-corrected chi connectivity index (χ3v) is 4.88. The molecule has 2 aromatic carbocycles. The SMILES string of the molecule is COc1ccc([I+]c2ccccc2F)cc1. The molecular formula is C13H11FIO+. The topological polar surface area (TPSA) is 9.23 Å². The van der Waals surface area contributed by atoms with Gasteiger partial charge >= 0.3 is 21.2 Å². The van der Waals surface area contributed by atoms with Crippen LogP contribution in [0, 0.1) is 13.0 Å². The summed E-state index contributed by atoms with van der Waals surface area (Å²) in [5, 5.41) is 0. The van der Waals surface area contributed by atoms with Gasteiger partial charge in [-0.15, -0.1) is 0 Å². The van der Waals surface area contributed by atoms with Crippen molar-refractivity contribution in [2.75, 3.05) is 7.11 Å². The zero-order chi connectivity index (χ0) is 11.4. The molecule has 3 heteroatoms. The van der Waals surface area contributed by atoms with E-state index in [0.29, 0.717) is 0 Å². The van der Waals surface area contributed by atoms with Crippen LogP contribution in [0.15, 0.2) is 48.5 Å². The monoisotopic (exact) mass is 329 g/mol. The molecule has 0 N–H and O–H groups in total. The van der Waals surface area contributed by atoms with E-state index in [-0.39, 0.29) is 5.82 Å². The number of ether oxygens (including phenoxy) is 1. The number of halogens is 2. The molecule has 0 aliphatic heterocycles. The lowest BCUT2D eigenvalue weighted by molar-refractivity contribution is -0.600. The molecule has 2 aromatic rings. The van der Waals surface area contributed by atoms with Crippen molar-refractivity contribution in [2.45, 2.75) is 0 Å². The molecule has 0 saturated carbocycles. The van der Waals surface area contributed by atoms with Crippen molar-refractivity contribution < 1.29 is 30.3 Å². The van der Waals surface area contributed by atoms with Crippen LogP contribution in [0.4, 0.5) is 4.39 Å². The first kappa shape index (κ1) is 11.4. The van der Waals surface area contributed by atoms with Gasteiger partial charge in [-0.3, -0.25) is 0 Å². The van der Waals surface area contributed by atoms with E-state index in [1.54, 1.807) is 13.2 Å². The molecule has 1 nitrogen and oxygen atoms in total. The smallest absolute Gasteiger partial charge is 0.361 e. The van der Waals surface area contributed by atoms with Gasteiger partial charge in [0.25, 0.3) is 0 Å². The molecule has 0 aliphatic carbocycles. The Bertz CT molecular complexity index is 468. The van der Waals surface area contributed by atoms with E-state index in [9.17, 15) is 4.39 Å². The zero-order valence-corrected chi connectivity index (χ0v) is 10.9. The first-order valence-electron chi connectivity index (χ1n) is 4.83. The Hall–Kier alpha value is -1.10. The molecule has 0 amide bonds. The number of hydrogen-bond donors (Lipinski definition) is 0. The predicted molar refractivity (Wildman–Crippen MR) is 56.8 cm³/mol. The highest BCUT2D eigenvalue weighted by Gasteiger charge is 2.19. The normalized spacial score (nSPS) is 10.1. The fourth-order valence-corrected chi connectivity index (χ4v) is 3.48. The summed E-state index contributed by atoms with van der Waals surface area (Å²) < 4.78 is 20.5. The van der Waals surface area contributed by atoms with E-state index < -0.39 is 21.2 Å². The average molecular weight is 329 g/mol. The standard InChI is InChI=1S/C13H11FIO/c1-16-11-8-6-10(7-9-11)15-13-5-3-2-4-12(13)14/h2-9H,1H3/q+1. The lowest BCUT2D eigenvalue weighted by Gasteiger charge is -1.95. The quantitative estimate of drug-likeness (QED) is 0.719. The summed E-state index contributed by atoms with van der Waals surface area (Å²) in [7, 11) is 1.64. The van der Waals surface area contributed by atoms with Gasteiger partial charge in [-0.1, -0.05) is 12.1 Å². The van der Waals surface area contributed by atoms with Crippen molar-refractivity contribution in [3.8, 4) is 5.75 Å². The van der Waals surface area contributed by atoms with Crippen molar-refractivity contribution in [1.29, 1.82) is 0 Å². The van der Waals surface area contributed by atoms with Gasteiger partial charge in [0.2, 0.25) is 3.57 Å². The fourth-order valence-electron chi connectivity index (χ4n) is 1.27. The van der Waals surface area contributed by atoms with Gasteiger partial charge in [0.1, 0.15) is 5.75 Å². The zero-order valence-electron chi connectivity index (χ0n) is 8.78. The van der Waals surface area contributed by atoms with Gasteiger partial charge in [-0.25, -0.2) is 4.39 Å².